The smallest absolute Gasteiger partial charge is 0.354 e. The Morgan fingerprint density at radius 3 is 2.72 bits per heavy atom. The van der Waals surface area contributed by atoms with Gasteiger partial charge in [-0.25, -0.2) is 4.79 Å². The number of esters is 1. The Bertz CT molecular complexity index is 659. The lowest BCUT2D eigenvalue weighted by atomic mass is 9.99. The highest BCUT2D eigenvalue weighted by molar-refractivity contribution is 6.38. The van der Waals surface area contributed by atoms with Crippen molar-refractivity contribution in [2.24, 2.45) is 11.0 Å². The lowest BCUT2D eigenvalue weighted by Gasteiger charge is -2.34. The Morgan fingerprint density at radius 2 is 2.04 bits per heavy atom. The third-order valence-corrected chi connectivity index (χ3v) is 4.70. The number of likely N-dealkylation sites (tertiary alicyclic amines) is 1. The summed E-state index contributed by atoms with van der Waals surface area (Å²) in [4.78, 5) is 27.1. The number of carbonyl (C=O) groups excluding carboxylic acids is 2. The first-order chi connectivity index (χ1) is 12.1. The molecule has 1 amide bonds. The molecule has 1 saturated heterocycles. The Balaban J connectivity index is 1.83. The topological polar surface area (TPSA) is 62.2 Å². The summed E-state index contributed by atoms with van der Waals surface area (Å²) in [5.41, 5.74) is 1.12. The van der Waals surface area contributed by atoms with Crippen LogP contribution in [-0.2, 0) is 14.3 Å². The lowest BCUT2D eigenvalue weighted by Crippen LogP contribution is -2.48. The van der Waals surface area contributed by atoms with E-state index in [9.17, 15) is 9.59 Å². The van der Waals surface area contributed by atoms with Crippen molar-refractivity contribution in [3.8, 4) is 0 Å². The number of benzene rings is 1. The van der Waals surface area contributed by atoms with Gasteiger partial charge in [0, 0.05) is 19.5 Å². The van der Waals surface area contributed by atoms with Gasteiger partial charge in [0.1, 0.15) is 11.8 Å². The minimum absolute atomic E-state index is 0.0402. The van der Waals surface area contributed by atoms with Gasteiger partial charge in [0.15, 0.2) is 0 Å². The monoisotopic (exact) mass is 343 g/mol. The van der Waals surface area contributed by atoms with Gasteiger partial charge < -0.3 is 9.64 Å². The van der Waals surface area contributed by atoms with Gasteiger partial charge in [-0.15, -0.1) is 0 Å². The molecule has 25 heavy (non-hydrogen) atoms. The second-order valence-corrected chi connectivity index (χ2v) is 6.70. The molecule has 6 nitrogen and oxygen atoms in total. The molecule has 0 N–H and O–H groups in total. The second-order valence-electron chi connectivity index (χ2n) is 6.70. The molecule has 0 aliphatic carbocycles. The number of piperidine rings is 1. The fourth-order valence-corrected chi connectivity index (χ4v) is 3.46. The first-order valence-electron chi connectivity index (χ1n) is 8.97. The van der Waals surface area contributed by atoms with Crippen molar-refractivity contribution in [3.63, 3.8) is 0 Å². The number of carbonyl (C=O) groups is 2. The Hall–Kier alpha value is -2.37. The van der Waals surface area contributed by atoms with E-state index in [4.69, 9.17) is 4.74 Å². The number of para-hydroxylation sites is 1. The number of hydrogen-bond donors (Lipinski definition) is 0. The molecule has 0 aromatic heterocycles. The molecule has 3 rings (SSSR count). The van der Waals surface area contributed by atoms with Crippen molar-refractivity contribution in [1.82, 2.24) is 4.90 Å². The largest absolute Gasteiger partial charge is 0.461 e. The number of ether oxygens (including phenoxy) is 1. The summed E-state index contributed by atoms with van der Waals surface area (Å²) in [6.45, 7) is 5.78. The predicted molar refractivity (Wildman–Crippen MR) is 96.4 cm³/mol. The molecule has 0 unspecified atom stereocenters. The van der Waals surface area contributed by atoms with Crippen LogP contribution in [0.25, 0.3) is 0 Å². The summed E-state index contributed by atoms with van der Waals surface area (Å²) in [5.74, 6) is 0.110. The fourth-order valence-electron chi connectivity index (χ4n) is 3.46. The standard InChI is InChI=1S/C19H25N3O3/c1-3-25-19(24)16-12-17(18(23)21-11-7-8-14(2)13-21)22(20-16)15-9-5-4-6-10-15/h4-6,9-10,14,17H,3,7-8,11-13H2,1-2H3/t14-,17-/m1/s1. The normalized spacial score (nSPS) is 23.4. The summed E-state index contributed by atoms with van der Waals surface area (Å²) in [7, 11) is 0. The van der Waals surface area contributed by atoms with Crippen LogP contribution in [0.1, 0.15) is 33.1 Å². The number of amides is 1. The van der Waals surface area contributed by atoms with Crippen LogP contribution in [0.15, 0.2) is 35.4 Å². The van der Waals surface area contributed by atoms with Crippen LogP contribution in [0.5, 0.6) is 0 Å². The minimum atomic E-state index is -0.480. The summed E-state index contributed by atoms with van der Waals surface area (Å²) in [6, 6.07) is 9.04. The number of hydrazone groups is 1. The second kappa shape index (κ2) is 7.68. The van der Waals surface area contributed by atoms with E-state index >= 15 is 0 Å². The average molecular weight is 343 g/mol. The Morgan fingerprint density at radius 1 is 1.28 bits per heavy atom. The molecule has 6 heteroatoms. The van der Waals surface area contributed by atoms with Crippen molar-refractivity contribution in [3.05, 3.63) is 30.3 Å². The third-order valence-electron chi connectivity index (χ3n) is 4.70. The van der Waals surface area contributed by atoms with E-state index in [1.165, 1.54) is 0 Å². The van der Waals surface area contributed by atoms with Crippen LogP contribution in [0.2, 0.25) is 0 Å². The first-order valence-corrected chi connectivity index (χ1v) is 8.97. The van der Waals surface area contributed by atoms with Gasteiger partial charge in [0.25, 0.3) is 0 Å². The summed E-state index contributed by atoms with van der Waals surface area (Å²) in [6.07, 6.45) is 2.47. The van der Waals surface area contributed by atoms with Gasteiger partial charge in [0.05, 0.1) is 12.3 Å². The van der Waals surface area contributed by atoms with Crippen LogP contribution in [0.4, 0.5) is 5.69 Å². The van der Waals surface area contributed by atoms with Crippen LogP contribution in [0, 0.1) is 5.92 Å². The molecule has 2 atom stereocenters. The zero-order valence-electron chi connectivity index (χ0n) is 14.9. The van der Waals surface area contributed by atoms with Crippen molar-refractivity contribution in [1.29, 1.82) is 0 Å². The quantitative estimate of drug-likeness (QED) is 0.788. The fraction of sp³-hybridized carbons (Fsp3) is 0.526. The molecule has 2 aliphatic rings. The predicted octanol–water partition coefficient (Wildman–Crippen LogP) is 2.44. The van der Waals surface area contributed by atoms with Gasteiger partial charge >= 0.3 is 5.97 Å². The summed E-state index contributed by atoms with van der Waals surface area (Å²) < 4.78 is 5.08. The highest BCUT2D eigenvalue weighted by atomic mass is 16.5. The molecular weight excluding hydrogens is 318 g/mol. The van der Waals surface area contributed by atoms with E-state index in [1.54, 1.807) is 11.9 Å². The van der Waals surface area contributed by atoms with Crippen LogP contribution >= 0.6 is 0 Å². The van der Waals surface area contributed by atoms with E-state index in [1.807, 2.05) is 35.2 Å². The van der Waals surface area contributed by atoms with Gasteiger partial charge in [-0.2, -0.15) is 5.10 Å². The van der Waals surface area contributed by atoms with E-state index in [2.05, 4.69) is 12.0 Å². The molecule has 0 saturated carbocycles. The van der Waals surface area contributed by atoms with E-state index in [0.717, 1.165) is 31.6 Å². The van der Waals surface area contributed by atoms with Gasteiger partial charge in [-0.3, -0.25) is 9.80 Å². The molecule has 134 valence electrons. The van der Waals surface area contributed by atoms with Gasteiger partial charge in [0.2, 0.25) is 5.91 Å². The number of nitrogens with zero attached hydrogens (tertiary/aromatic N) is 3. The average Bonchev–Trinajstić information content (AvgIpc) is 3.07. The number of hydrogen-bond acceptors (Lipinski definition) is 5. The van der Waals surface area contributed by atoms with E-state index in [0.29, 0.717) is 18.2 Å². The highest BCUT2D eigenvalue weighted by Crippen LogP contribution is 2.27. The zero-order valence-corrected chi connectivity index (χ0v) is 14.9. The molecule has 1 aromatic rings. The Labute approximate surface area is 148 Å². The van der Waals surface area contributed by atoms with E-state index < -0.39 is 12.0 Å². The molecule has 1 fully saturated rings. The molecule has 2 aliphatic heterocycles. The van der Waals surface area contributed by atoms with Gasteiger partial charge in [-0.1, -0.05) is 25.1 Å². The first kappa shape index (κ1) is 17.5. The van der Waals surface area contributed by atoms with Crippen molar-refractivity contribution >= 4 is 23.3 Å². The molecule has 0 bridgehead atoms. The maximum Gasteiger partial charge on any atom is 0.354 e. The number of rotatable bonds is 4. The molecule has 1 aromatic carbocycles. The van der Waals surface area contributed by atoms with Crippen molar-refractivity contribution in [2.45, 2.75) is 39.2 Å². The molecule has 0 spiro atoms. The summed E-state index contributed by atoms with van der Waals surface area (Å²) in [5, 5.41) is 6.10. The third kappa shape index (κ3) is 3.83. The summed E-state index contributed by atoms with van der Waals surface area (Å²) >= 11 is 0. The SMILES string of the molecule is CCOC(=O)C1=NN(c2ccccc2)[C@@H](C(=O)N2CCC[C@@H](C)C2)C1. The maximum absolute atomic E-state index is 13.1. The van der Waals surface area contributed by atoms with Crippen molar-refractivity contribution < 1.29 is 14.3 Å². The van der Waals surface area contributed by atoms with Crippen LogP contribution < -0.4 is 5.01 Å². The zero-order chi connectivity index (χ0) is 17.8. The minimum Gasteiger partial charge on any atom is -0.461 e. The van der Waals surface area contributed by atoms with Crippen LogP contribution in [0.3, 0.4) is 0 Å². The highest BCUT2D eigenvalue weighted by Gasteiger charge is 2.39. The van der Waals surface area contributed by atoms with Crippen molar-refractivity contribution in [2.75, 3.05) is 24.7 Å². The number of anilines is 1. The molecule has 2 heterocycles. The van der Waals surface area contributed by atoms with Crippen LogP contribution in [-0.4, -0.2) is 48.2 Å². The Kier molecular flexibility index (Phi) is 5.36. The lowest BCUT2D eigenvalue weighted by molar-refractivity contribution is -0.135. The molecular formula is C19H25N3O3. The van der Waals surface area contributed by atoms with Gasteiger partial charge in [-0.05, 0) is 37.8 Å². The maximum atomic E-state index is 13.1. The molecule has 0 radical (unpaired) electrons. The van der Waals surface area contributed by atoms with E-state index in [-0.39, 0.29) is 12.3 Å².